The number of benzene rings is 1. The third kappa shape index (κ3) is 3.26. The van der Waals surface area contributed by atoms with Gasteiger partial charge in [0.2, 0.25) is 0 Å². The predicted molar refractivity (Wildman–Crippen MR) is 101 cm³/mol. The van der Waals surface area contributed by atoms with Crippen LogP contribution in [0.25, 0.3) is 11.0 Å². The van der Waals surface area contributed by atoms with Gasteiger partial charge < -0.3 is 14.8 Å². The minimum absolute atomic E-state index is 0.169. The lowest BCUT2D eigenvalue weighted by atomic mass is 10.1. The van der Waals surface area contributed by atoms with Gasteiger partial charge in [-0.05, 0) is 36.7 Å². The zero-order valence-corrected chi connectivity index (χ0v) is 16.4. The summed E-state index contributed by atoms with van der Waals surface area (Å²) in [4.78, 5) is 8.75. The van der Waals surface area contributed by atoms with Crippen molar-refractivity contribution in [3.63, 3.8) is 0 Å². The highest BCUT2D eigenvalue weighted by molar-refractivity contribution is 9.10. The Morgan fingerprint density at radius 1 is 1.08 bits per heavy atom. The van der Waals surface area contributed by atoms with E-state index in [9.17, 15) is 0 Å². The minimum atomic E-state index is -0.169. The Balaban J connectivity index is 2.06. The molecular weight excluding hydrogens is 386 g/mol. The van der Waals surface area contributed by atoms with E-state index in [-0.39, 0.29) is 5.54 Å². The molecule has 0 saturated carbocycles. The maximum atomic E-state index is 5.39. The average Bonchev–Trinajstić information content (AvgIpc) is 3.01. The highest BCUT2D eigenvalue weighted by atomic mass is 79.9. The molecule has 0 aliphatic heterocycles. The zero-order chi connectivity index (χ0) is 18.2. The molecule has 8 heteroatoms. The van der Waals surface area contributed by atoms with E-state index in [4.69, 9.17) is 9.47 Å². The number of ether oxygens (including phenoxy) is 2. The predicted octanol–water partition coefficient (Wildman–Crippen LogP) is 4.10. The molecule has 0 unspecified atom stereocenters. The first-order chi connectivity index (χ1) is 11.8. The van der Waals surface area contributed by atoms with Gasteiger partial charge in [-0.25, -0.2) is 14.6 Å². The highest BCUT2D eigenvalue weighted by Crippen LogP contribution is 2.38. The van der Waals surface area contributed by atoms with Crippen LogP contribution in [0.3, 0.4) is 0 Å². The quantitative estimate of drug-likeness (QED) is 0.703. The molecule has 1 aromatic carbocycles. The topological polar surface area (TPSA) is 74.1 Å². The second kappa shape index (κ2) is 6.51. The number of methoxy groups -OCH3 is 2. The number of anilines is 2. The lowest BCUT2D eigenvalue weighted by Crippen LogP contribution is -2.23. The van der Waals surface area contributed by atoms with Gasteiger partial charge in [0, 0.05) is 17.8 Å². The third-order valence-electron chi connectivity index (χ3n) is 3.71. The molecule has 0 amide bonds. The molecule has 0 atom stereocenters. The van der Waals surface area contributed by atoms with E-state index in [1.54, 1.807) is 20.4 Å². The number of fused-ring (bicyclic) bond motifs is 1. The Kier molecular flexibility index (Phi) is 4.55. The van der Waals surface area contributed by atoms with Crippen molar-refractivity contribution in [2.24, 2.45) is 0 Å². The number of nitrogens with zero attached hydrogens (tertiary/aromatic N) is 4. The van der Waals surface area contributed by atoms with Crippen LogP contribution >= 0.6 is 15.9 Å². The second-order valence-corrected chi connectivity index (χ2v) is 7.30. The van der Waals surface area contributed by atoms with Crippen molar-refractivity contribution >= 4 is 38.5 Å². The van der Waals surface area contributed by atoms with Crippen LogP contribution in [0.2, 0.25) is 0 Å². The fraction of sp³-hybridized carbons (Fsp3) is 0.353. The molecular formula is C17H20BrN5O2. The maximum absolute atomic E-state index is 5.39. The van der Waals surface area contributed by atoms with Gasteiger partial charge in [-0.15, -0.1) is 0 Å². The first-order valence-corrected chi connectivity index (χ1v) is 8.52. The van der Waals surface area contributed by atoms with E-state index in [0.717, 1.165) is 21.2 Å². The molecule has 2 heterocycles. The van der Waals surface area contributed by atoms with E-state index < -0.39 is 0 Å². The van der Waals surface area contributed by atoms with E-state index >= 15 is 0 Å². The van der Waals surface area contributed by atoms with Gasteiger partial charge in [-0.1, -0.05) is 0 Å². The van der Waals surface area contributed by atoms with Crippen LogP contribution in [0.4, 0.5) is 11.5 Å². The lowest BCUT2D eigenvalue weighted by molar-refractivity contribution is 0.366. The molecule has 1 N–H and O–H groups in total. The Morgan fingerprint density at radius 3 is 2.28 bits per heavy atom. The monoisotopic (exact) mass is 405 g/mol. The van der Waals surface area contributed by atoms with Gasteiger partial charge in [-0.2, -0.15) is 5.10 Å². The van der Waals surface area contributed by atoms with Crippen LogP contribution in [-0.4, -0.2) is 34.0 Å². The molecule has 0 saturated heterocycles. The average molecular weight is 406 g/mol. The van der Waals surface area contributed by atoms with Gasteiger partial charge in [0.1, 0.15) is 28.1 Å². The Labute approximate surface area is 154 Å². The van der Waals surface area contributed by atoms with Crippen molar-refractivity contribution in [2.75, 3.05) is 19.5 Å². The van der Waals surface area contributed by atoms with E-state index in [0.29, 0.717) is 17.3 Å². The van der Waals surface area contributed by atoms with Crippen molar-refractivity contribution in [1.29, 1.82) is 0 Å². The Hall–Kier alpha value is -2.35. The smallest absolute Gasteiger partial charge is 0.163 e. The van der Waals surface area contributed by atoms with Gasteiger partial charge in [0.15, 0.2) is 5.65 Å². The Morgan fingerprint density at radius 2 is 1.72 bits per heavy atom. The van der Waals surface area contributed by atoms with E-state index in [2.05, 4.69) is 57.1 Å². The molecule has 0 fully saturated rings. The fourth-order valence-corrected chi connectivity index (χ4v) is 3.07. The first kappa shape index (κ1) is 17.5. The second-order valence-electron chi connectivity index (χ2n) is 6.51. The van der Waals surface area contributed by atoms with Crippen molar-refractivity contribution in [3.05, 3.63) is 29.1 Å². The summed E-state index contributed by atoms with van der Waals surface area (Å²) in [6.45, 7) is 6.25. The molecule has 2 aromatic heterocycles. The van der Waals surface area contributed by atoms with Gasteiger partial charge in [0.05, 0.1) is 31.3 Å². The number of hydrogen-bond acceptors (Lipinski definition) is 6. The molecule has 7 nitrogen and oxygen atoms in total. The van der Waals surface area contributed by atoms with Crippen molar-refractivity contribution in [3.8, 4) is 11.5 Å². The van der Waals surface area contributed by atoms with Crippen LogP contribution in [0.5, 0.6) is 11.5 Å². The summed E-state index contributed by atoms with van der Waals surface area (Å²) >= 11 is 3.47. The minimum Gasteiger partial charge on any atom is -0.495 e. The van der Waals surface area contributed by atoms with Crippen LogP contribution < -0.4 is 14.8 Å². The zero-order valence-electron chi connectivity index (χ0n) is 14.8. The third-order valence-corrected chi connectivity index (χ3v) is 4.49. The first-order valence-electron chi connectivity index (χ1n) is 7.73. The molecule has 0 bridgehead atoms. The summed E-state index contributed by atoms with van der Waals surface area (Å²) in [5, 5.41) is 8.62. The SMILES string of the molecule is COc1cc(Nc2ncnc3c2cnn3C(C)(C)C)cc(OC)c1Br. The highest BCUT2D eigenvalue weighted by Gasteiger charge is 2.20. The maximum Gasteiger partial charge on any atom is 0.163 e. The summed E-state index contributed by atoms with van der Waals surface area (Å²) in [6.07, 6.45) is 3.30. The van der Waals surface area contributed by atoms with E-state index in [1.807, 2.05) is 16.8 Å². The molecule has 0 aliphatic carbocycles. The number of hydrogen-bond donors (Lipinski definition) is 1. The Bertz CT molecular complexity index is 892. The van der Waals surface area contributed by atoms with Crippen molar-refractivity contribution in [2.45, 2.75) is 26.3 Å². The van der Waals surface area contributed by atoms with Gasteiger partial charge in [-0.3, -0.25) is 0 Å². The standard InChI is InChI=1S/C17H20BrN5O2/c1-17(2,3)23-16-11(8-21-23)15(19-9-20-16)22-10-6-12(24-4)14(18)13(7-10)25-5/h6-9H,1-5H3,(H,19,20,22). The molecule has 0 spiro atoms. The van der Waals surface area contributed by atoms with E-state index in [1.165, 1.54) is 6.33 Å². The van der Waals surface area contributed by atoms with Crippen LogP contribution in [0.15, 0.2) is 29.1 Å². The summed E-state index contributed by atoms with van der Waals surface area (Å²) in [5.41, 5.74) is 1.40. The van der Waals surface area contributed by atoms with Crippen LogP contribution in [-0.2, 0) is 5.54 Å². The van der Waals surface area contributed by atoms with Crippen molar-refractivity contribution in [1.82, 2.24) is 19.7 Å². The largest absolute Gasteiger partial charge is 0.495 e. The molecule has 3 aromatic rings. The summed E-state index contributed by atoms with van der Waals surface area (Å²) in [5.74, 6) is 2.00. The number of halogens is 1. The summed E-state index contributed by atoms with van der Waals surface area (Å²) in [7, 11) is 3.22. The van der Waals surface area contributed by atoms with Crippen molar-refractivity contribution < 1.29 is 9.47 Å². The van der Waals surface area contributed by atoms with Crippen LogP contribution in [0.1, 0.15) is 20.8 Å². The van der Waals surface area contributed by atoms with Crippen LogP contribution in [0, 0.1) is 0 Å². The molecule has 0 aliphatic rings. The molecule has 0 radical (unpaired) electrons. The van der Waals surface area contributed by atoms with Gasteiger partial charge >= 0.3 is 0 Å². The fourth-order valence-electron chi connectivity index (χ4n) is 2.51. The molecule has 3 rings (SSSR count). The molecule has 25 heavy (non-hydrogen) atoms. The molecule has 132 valence electrons. The number of rotatable bonds is 4. The number of nitrogens with one attached hydrogen (secondary N) is 1. The summed E-state index contributed by atoms with van der Waals surface area (Å²) < 4.78 is 13.4. The normalized spacial score (nSPS) is 11.6. The summed E-state index contributed by atoms with van der Waals surface area (Å²) in [6, 6.07) is 3.74. The number of aromatic nitrogens is 4. The lowest BCUT2D eigenvalue weighted by Gasteiger charge is -2.19. The van der Waals surface area contributed by atoms with Gasteiger partial charge in [0.25, 0.3) is 0 Å².